The molecule has 1 amide bonds. The normalized spacial score (nSPS) is 11.6. The van der Waals surface area contributed by atoms with Gasteiger partial charge < -0.3 is 13.9 Å². The van der Waals surface area contributed by atoms with Crippen molar-refractivity contribution in [2.45, 2.75) is 20.8 Å². The van der Waals surface area contributed by atoms with Crippen molar-refractivity contribution in [3.8, 4) is 22.6 Å². The van der Waals surface area contributed by atoms with Crippen LogP contribution in [0.25, 0.3) is 27.7 Å². The molecule has 0 atom stereocenters. The van der Waals surface area contributed by atoms with Crippen LogP contribution in [0.2, 0.25) is 0 Å². The first-order chi connectivity index (χ1) is 15.4. The molecule has 2 aromatic carbocycles. The van der Waals surface area contributed by atoms with Crippen LogP contribution in [0, 0.1) is 13.8 Å². The molecule has 0 bridgehead atoms. The maximum absolute atomic E-state index is 12.6. The van der Waals surface area contributed by atoms with Gasteiger partial charge in [-0.15, -0.1) is 11.3 Å². The Labute approximate surface area is 190 Å². The van der Waals surface area contributed by atoms with Gasteiger partial charge in [0.2, 0.25) is 5.91 Å². The maximum atomic E-state index is 12.6. The Morgan fingerprint density at radius 2 is 2.00 bits per heavy atom. The fourth-order valence-electron chi connectivity index (χ4n) is 3.71. The Morgan fingerprint density at radius 3 is 2.69 bits per heavy atom. The number of nitrogens with zero attached hydrogens (tertiary/aromatic N) is 1. The molecular formula is C25H24N2O4S. The number of aromatic nitrogens is 1. The third kappa shape index (κ3) is 4.11. The van der Waals surface area contributed by atoms with Crippen LogP contribution in [0.1, 0.15) is 23.7 Å². The van der Waals surface area contributed by atoms with Crippen LogP contribution in [0.5, 0.6) is 11.5 Å². The number of thiazole rings is 1. The molecule has 2 aromatic heterocycles. The second-order valence-electron chi connectivity index (χ2n) is 7.45. The summed E-state index contributed by atoms with van der Waals surface area (Å²) in [5.74, 6) is 1.21. The highest BCUT2D eigenvalue weighted by molar-refractivity contribution is 7.13. The summed E-state index contributed by atoms with van der Waals surface area (Å²) in [5, 5.41) is 6.23. The summed E-state index contributed by atoms with van der Waals surface area (Å²) in [6.07, 6.45) is 3.30. The van der Waals surface area contributed by atoms with Crippen LogP contribution in [-0.4, -0.2) is 25.1 Å². The topological polar surface area (TPSA) is 73.6 Å². The minimum Gasteiger partial charge on any atom is -0.497 e. The molecule has 0 aliphatic heterocycles. The van der Waals surface area contributed by atoms with Gasteiger partial charge in [-0.05, 0) is 50.1 Å². The number of fused-ring (bicyclic) bond motifs is 1. The van der Waals surface area contributed by atoms with E-state index < -0.39 is 0 Å². The molecule has 2 heterocycles. The van der Waals surface area contributed by atoms with Gasteiger partial charge >= 0.3 is 0 Å². The fraction of sp³-hybridized carbons (Fsp3) is 0.200. The Morgan fingerprint density at radius 1 is 1.19 bits per heavy atom. The van der Waals surface area contributed by atoms with Crippen molar-refractivity contribution in [2.75, 3.05) is 19.5 Å². The first kappa shape index (κ1) is 21.6. The molecule has 6 nitrogen and oxygen atoms in total. The molecule has 0 saturated carbocycles. The molecule has 0 aliphatic carbocycles. The predicted molar refractivity (Wildman–Crippen MR) is 129 cm³/mol. The number of anilines is 1. The van der Waals surface area contributed by atoms with E-state index in [-0.39, 0.29) is 5.91 Å². The Hall–Kier alpha value is -3.58. The number of benzene rings is 2. The minimum absolute atomic E-state index is 0.239. The Kier molecular flexibility index (Phi) is 6.01. The van der Waals surface area contributed by atoms with E-state index in [1.54, 1.807) is 26.6 Å². The third-order valence-electron chi connectivity index (χ3n) is 5.25. The Bertz CT molecular complexity index is 1330. The molecule has 0 radical (unpaired) electrons. The van der Waals surface area contributed by atoms with E-state index in [2.05, 4.69) is 10.3 Å². The summed E-state index contributed by atoms with van der Waals surface area (Å²) in [5.41, 5.74) is 6.03. The van der Waals surface area contributed by atoms with Gasteiger partial charge in [0.15, 0.2) is 5.13 Å². The van der Waals surface area contributed by atoms with Gasteiger partial charge in [0.1, 0.15) is 17.1 Å². The molecule has 0 fully saturated rings. The van der Waals surface area contributed by atoms with Crippen molar-refractivity contribution in [2.24, 2.45) is 0 Å². The van der Waals surface area contributed by atoms with Gasteiger partial charge in [-0.2, -0.15) is 0 Å². The fourth-order valence-corrected chi connectivity index (χ4v) is 4.40. The van der Waals surface area contributed by atoms with Gasteiger partial charge in [-0.3, -0.25) is 10.1 Å². The van der Waals surface area contributed by atoms with Crippen LogP contribution < -0.4 is 14.8 Å². The van der Waals surface area contributed by atoms with Crippen molar-refractivity contribution in [3.63, 3.8) is 0 Å². The molecule has 164 valence electrons. The van der Waals surface area contributed by atoms with E-state index in [1.165, 1.54) is 11.3 Å². The quantitative estimate of drug-likeness (QED) is 0.354. The predicted octanol–water partition coefficient (Wildman–Crippen LogP) is 6.23. The second-order valence-corrected chi connectivity index (χ2v) is 8.31. The number of amides is 1. The number of rotatable bonds is 6. The number of furan rings is 1. The molecule has 0 aliphatic rings. The monoisotopic (exact) mass is 448 g/mol. The summed E-state index contributed by atoms with van der Waals surface area (Å²) >= 11 is 1.40. The zero-order valence-corrected chi connectivity index (χ0v) is 19.4. The lowest BCUT2D eigenvalue weighted by Gasteiger charge is -2.13. The second kappa shape index (κ2) is 8.88. The van der Waals surface area contributed by atoms with E-state index in [0.717, 1.165) is 50.2 Å². The molecule has 1 N–H and O–H groups in total. The van der Waals surface area contributed by atoms with Gasteiger partial charge in [0, 0.05) is 33.5 Å². The first-order valence-electron chi connectivity index (χ1n) is 10.1. The molecular weight excluding hydrogens is 424 g/mol. The summed E-state index contributed by atoms with van der Waals surface area (Å²) in [6.45, 7) is 5.73. The average Bonchev–Trinajstić information content (AvgIpc) is 3.39. The molecule has 0 unspecified atom stereocenters. The first-order valence-corrected chi connectivity index (χ1v) is 10.9. The van der Waals surface area contributed by atoms with Crippen LogP contribution >= 0.6 is 11.3 Å². The minimum atomic E-state index is -0.239. The SMILES string of the molecule is COc1cccc(-c2coc3c(C)c(OC)c(/C(C)=C/C(=O)Nc4nc(C)cs4)cc23)c1. The lowest BCUT2D eigenvalue weighted by Crippen LogP contribution is -2.08. The van der Waals surface area contributed by atoms with Crippen molar-refractivity contribution in [3.05, 3.63) is 64.9 Å². The lowest BCUT2D eigenvalue weighted by molar-refractivity contribution is -0.111. The molecule has 32 heavy (non-hydrogen) atoms. The number of carbonyl (C=O) groups excluding carboxylic acids is 1. The maximum Gasteiger partial charge on any atom is 0.250 e. The van der Waals surface area contributed by atoms with Crippen LogP contribution in [0.3, 0.4) is 0 Å². The highest BCUT2D eigenvalue weighted by Gasteiger charge is 2.19. The standard InChI is InChI=1S/C25H24N2O4S/c1-14(9-22(28)27-25-26-15(2)13-32-25)19-11-20-21(17-7-6-8-18(10-17)29-4)12-31-24(20)16(3)23(19)30-5/h6-13H,1-5H3,(H,26,27,28)/b14-9+. The van der Waals surface area contributed by atoms with E-state index >= 15 is 0 Å². The molecule has 7 heteroatoms. The molecule has 0 spiro atoms. The summed E-state index contributed by atoms with van der Waals surface area (Å²) < 4.78 is 17.0. The van der Waals surface area contributed by atoms with E-state index in [1.807, 2.05) is 56.5 Å². The molecule has 4 aromatic rings. The van der Waals surface area contributed by atoms with Crippen molar-refractivity contribution >= 4 is 38.9 Å². The number of hydrogen-bond donors (Lipinski definition) is 1. The molecule has 4 rings (SSSR count). The average molecular weight is 449 g/mol. The summed E-state index contributed by atoms with van der Waals surface area (Å²) in [6, 6.07) is 9.83. The lowest BCUT2D eigenvalue weighted by atomic mass is 9.96. The summed E-state index contributed by atoms with van der Waals surface area (Å²) in [7, 11) is 3.27. The number of aryl methyl sites for hydroxylation is 2. The number of allylic oxidation sites excluding steroid dienone is 1. The van der Waals surface area contributed by atoms with Gasteiger partial charge in [0.05, 0.1) is 26.2 Å². The largest absolute Gasteiger partial charge is 0.497 e. The van der Waals surface area contributed by atoms with Crippen LogP contribution in [-0.2, 0) is 4.79 Å². The number of methoxy groups -OCH3 is 2. The van der Waals surface area contributed by atoms with Gasteiger partial charge in [0.25, 0.3) is 0 Å². The van der Waals surface area contributed by atoms with Crippen molar-refractivity contribution in [1.29, 1.82) is 0 Å². The Balaban J connectivity index is 1.78. The number of hydrogen-bond acceptors (Lipinski definition) is 6. The highest BCUT2D eigenvalue weighted by Crippen LogP contribution is 2.41. The zero-order chi connectivity index (χ0) is 22.8. The molecule has 0 saturated heterocycles. The van der Waals surface area contributed by atoms with Gasteiger partial charge in [-0.1, -0.05) is 12.1 Å². The van der Waals surface area contributed by atoms with Crippen LogP contribution in [0.4, 0.5) is 5.13 Å². The number of nitrogens with one attached hydrogen (secondary N) is 1. The van der Waals surface area contributed by atoms with E-state index in [9.17, 15) is 4.79 Å². The number of carbonyl (C=O) groups is 1. The van der Waals surface area contributed by atoms with Crippen molar-refractivity contribution in [1.82, 2.24) is 4.98 Å². The number of ether oxygens (including phenoxy) is 2. The van der Waals surface area contributed by atoms with E-state index in [0.29, 0.717) is 10.9 Å². The van der Waals surface area contributed by atoms with Crippen molar-refractivity contribution < 1.29 is 18.7 Å². The summed E-state index contributed by atoms with van der Waals surface area (Å²) in [4.78, 5) is 16.9. The highest BCUT2D eigenvalue weighted by atomic mass is 32.1. The zero-order valence-electron chi connectivity index (χ0n) is 18.6. The van der Waals surface area contributed by atoms with Gasteiger partial charge in [-0.25, -0.2) is 4.98 Å². The third-order valence-corrected chi connectivity index (χ3v) is 6.13. The smallest absolute Gasteiger partial charge is 0.250 e. The van der Waals surface area contributed by atoms with Crippen LogP contribution in [0.15, 0.2) is 52.5 Å². The van der Waals surface area contributed by atoms with E-state index in [4.69, 9.17) is 13.9 Å².